The molecule has 3 aromatic rings. The summed E-state index contributed by atoms with van der Waals surface area (Å²) in [7, 11) is 0. The fraction of sp³-hybridized carbons (Fsp3) is 0.250. The molecule has 0 unspecified atom stereocenters. The first-order valence-corrected chi connectivity index (χ1v) is 7.23. The molecule has 1 fully saturated rings. The topological polar surface area (TPSA) is 68.2 Å². The molecule has 1 saturated carbocycles. The number of nitrogens with two attached hydrogens (primary N) is 1. The molecule has 0 radical (unpaired) electrons. The van der Waals surface area contributed by atoms with Gasteiger partial charge in [0, 0.05) is 18.2 Å². The molecular weight excluding hydrogens is 262 g/mol. The first-order chi connectivity index (χ1) is 10.3. The minimum atomic E-state index is 0.299. The molecular formula is C16H17N5. The molecule has 0 saturated heterocycles. The summed E-state index contributed by atoms with van der Waals surface area (Å²) in [6, 6.07) is 15.2. The summed E-state index contributed by atoms with van der Waals surface area (Å²) in [5, 5.41) is 7.77. The minimum absolute atomic E-state index is 0.299. The fourth-order valence-electron chi connectivity index (χ4n) is 2.48. The number of anilines is 1. The number of benzene rings is 1. The second-order valence-corrected chi connectivity index (χ2v) is 5.50. The number of pyridine rings is 1. The van der Waals surface area contributed by atoms with Crippen LogP contribution in [0.25, 0.3) is 16.9 Å². The Balaban J connectivity index is 1.64. The number of nitrogen functional groups attached to an aromatic ring is 1. The molecule has 0 aliphatic heterocycles. The highest BCUT2D eigenvalue weighted by Crippen LogP contribution is 2.22. The molecule has 106 valence electrons. The number of nitrogens with zero attached hydrogens (tertiary/aromatic N) is 3. The van der Waals surface area contributed by atoms with Crippen molar-refractivity contribution in [3.05, 3.63) is 48.0 Å². The molecule has 4 rings (SSSR count). The largest absolute Gasteiger partial charge is 0.366 e. The van der Waals surface area contributed by atoms with E-state index < -0.39 is 0 Å². The van der Waals surface area contributed by atoms with E-state index >= 15 is 0 Å². The predicted octanol–water partition coefficient (Wildman–Crippen LogP) is 2.23. The van der Waals surface area contributed by atoms with Crippen molar-refractivity contribution in [1.82, 2.24) is 19.9 Å². The summed E-state index contributed by atoms with van der Waals surface area (Å²) in [5.74, 6) is 0.299. The third kappa shape index (κ3) is 2.48. The molecule has 1 aromatic carbocycles. The van der Waals surface area contributed by atoms with Gasteiger partial charge in [0.25, 0.3) is 0 Å². The molecule has 0 bridgehead atoms. The number of nitrogens with one attached hydrogen (secondary N) is 1. The van der Waals surface area contributed by atoms with E-state index in [9.17, 15) is 0 Å². The Morgan fingerprint density at radius 2 is 1.95 bits per heavy atom. The Labute approximate surface area is 122 Å². The zero-order chi connectivity index (χ0) is 14.2. The number of hydrogen-bond donors (Lipinski definition) is 2. The van der Waals surface area contributed by atoms with Gasteiger partial charge in [-0.3, -0.25) is 0 Å². The molecule has 0 amide bonds. The summed E-state index contributed by atoms with van der Waals surface area (Å²) in [6.45, 7) is 0.936. The minimum Gasteiger partial charge on any atom is -0.366 e. The van der Waals surface area contributed by atoms with Gasteiger partial charge in [-0.2, -0.15) is 4.98 Å². The standard InChI is InChI=1S/C16H17N5/c17-16-19-15-3-1-2-14(21(15)20-16)12-6-4-11(5-7-12)10-18-13-8-9-13/h1-7,13,18H,8-10H2,(H2,17,20). The van der Waals surface area contributed by atoms with Crippen molar-refractivity contribution in [2.45, 2.75) is 25.4 Å². The Bertz CT molecular complexity index is 771. The fourth-order valence-corrected chi connectivity index (χ4v) is 2.48. The van der Waals surface area contributed by atoms with Crippen LogP contribution in [0.3, 0.4) is 0 Å². The summed E-state index contributed by atoms with van der Waals surface area (Å²) < 4.78 is 1.78. The maximum atomic E-state index is 5.68. The molecule has 2 aromatic heterocycles. The number of aromatic nitrogens is 3. The molecule has 1 aliphatic carbocycles. The van der Waals surface area contributed by atoms with Crippen LogP contribution in [0.2, 0.25) is 0 Å². The number of fused-ring (bicyclic) bond motifs is 1. The van der Waals surface area contributed by atoms with Crippen LogP contribution in [0.15, 0.2) is 42.5 Å². The highest BCUT2D eigenvalue weighted by Gasteiger charge is 2.19. The van der Waals surface area contributed by atoms with Gasteiger partial charge in [0.1, 0.15) is 0 Å². The quantitative estimate of drug-likeness (QED) is 0.768. The van der Waals surface area contributed by atoms with Gasteiger partial charge in [-0.05, 0) is 30.5 Å². The zero-order valence-corrected chi connectivity index (χ0v) is 11.7. The molecule has 0 spiro atoms. The van der Waals surface area contributed by atoms with Gasteiger partial charge in [0.2, 0.25) is 5.95 Å². The Morgan fingerprint density at radius 3 is 2.71 bits per heavy atom. The lowest BCUT2D eigenvalue weighted by Gasteiger charge is -2.07. The normalized spacial score (nSPS) is 14.7. The van der Waals surface area contributed by atoms with E-state index in [1.54, 1.807) is 4.52 Å². The number of rotatable bonds is 4. The van der Waals surface area contributed by atoms with E-state index in [1.807, 2.05) is 18.2 Å². The van der Waals surface area contributed by atoms with Gasteiger partial charge in [0.05, 0.1) is 5.69 Å². The van der Waals surface area contributed by atoms with Crippen LogP contribution in [0.1, 0.15) is 18.4 Å². The predicted molar refractivity (Wildman–Crippen MR) is 82.7 cm³/mol. The monoisotopic (exact) mass is 279 g/mol. The Kier molecular flexibility index (Phi) is 2.86. The maximum Gasteiger partial charge on any atom is 0.240 e. The van der Waals surface area contributed by atoms with Crippen molar-refractivity contribution in [3.63, 3.8) is 0 Å². The van der Waals surface area contributed by atoms with E-state index in [4.69, 9.17) is 5.73 Å². The highest BCUT2D eigenvalue weighted by atomic mass is 15.3. The zero-order valence-electron chi connectivity index (χ0n) is 11.7. The van der Waals surface area contributed by atoms with Gasteiger partial charge in [-0.1, -0.05) is 30.3 Å². The molecule has 5 heteroatoms. The van der Waals surface area contributed by atoms with E-state index in [-0.39, 0.29) is 0 Å². The first kappa shape index (κ1) is 12.3. The second kappa shape index (κ2) is 4.86. The molecule has 21 heavy (non-hydrogen) atoms. The smallest absolute Gasteiger partial charge is 0.240 e. The maximum absolute atomic E-state index is 5.68. The van der Waals surface area contributed by atoms with Crippen LogP contribution < -0.4 is 11.1 Å². The van der Waals surface area contributed by atoms with E-state index in [0.717, 1.165) is 29.5 Å². The molecule has 0 atom stereocenters. The van der Waals surface area contributed by atoms with Crippen LogP contribution in [0.4, 0.5) is 5.95 Å². The van der Waals surface area contributed by atoms with Crippen molar-refractivity contribution >= 4 is 11.6 Å². The van der Waals surface area contributed by atoms with Gasteiger partial charge in [-0.25, -0.2) is 4.52 Å². The van der Waals surface area contributed by atoms with E-state index in [2.05, 4.69) is 39.7 Å². The Hall–Kier alpha value is -2.40. The Morgan fingerprint density at radius 1 is 1.14 bits per heavy atom. The van der Waals surface area contributed by atoms with E-state index in [0.29, 0.717) is 5.95 Å². The van der Waals surface area contributed by atoms with Crippen molar-refractivity contribution in [2.75, 3.05) is 5.73 Å². The average molecular weight is 279 g/mol. The lowest BCUT2D eigenvalue weighted by atomic mass is 10.1. The van der Waals surface area contributed by atoms with Crippen LogP contribution in [0.5, 0.6) is 0 Å². The molecule has 5 nitrogen and oxygen atoms in total. The van der Waals surface area contributed by atoms with Crippen molar-refractivity contribution < 1.29 is 0 Å². The van der Waals surface area contributed by atoms with Crippen LogP contribution in [-0.2, 0) is 6.54 Å². The third-order valence-corrected chi connectivity index (χ3v) is 3.80. The highest BCUT2D eigenvalue weighted by molar-refractivity contribution is 5.63. The van der Waals surface area contributed by atoms with Gasteiger partial charge >= 0.3 is 0 Å². The van der Waals surface area contributed by atoms with Gasteiger partial charge in [-0.15, -0.1) is 5.10 Å². The molecule has 3 N–H and O–H groups in total. The second-order valence-electron chi connectivity index (χ2n) is 5.50. The van der Waals surface area contributed by atoms with Crippen molar-refractivity contribution in [1.29, 1.82) is 0 Å². The van der Waals surface area contributed by atoms with Crippen LogP contribution in [0, 0.1) is 0 Å². The summed E-state index contributed by atoms with van der Waals surface area (Å²) in [5.41, 5.74) is 9.86. The molecule has 2 heterocycles. The van der Waals surface area contributed by atoms with Crippen molar-refractivity contribution in [3.8, 4) is 11.3 Å². The van der Waals surface area contributed by atoms with Crippen molar-refractivity contribution in [2.24, 2.45) is 0 Å². The first-order valence-electron chi connectivity index (χ1n) is 7.23. The lowest BCUT2D eigenvalue weighted by Crippen LogP contribution is -2.15. The lowest BCUT2D eigenvalue weighted by molar-refractivity contribution is 0.688. The third-order valence-electron chi connectivity index (χ3n) is 3.80. The average Bonchev–Trinajstić information content (AvgIpc) is 3.25. The SMILES string of the molecule is Nc1nc2cccc(-c3ccc(CNC4CC4)cc3)n2n1. The number of hydrogen-bond acceptors (Lipinski definition) is 4. The van der Waals surface area contributed by atoms with E-state index in [1.165, 1.54) is 18.4 Å². The van der Waals surface area contributed by atoms with Gasteiger partial charge in [0.15, 0.2) is 5.65 Å². The van der Waals surface area contributed by atoms with Crippen LogP contribution in [-0.4, -0.2) is 20.6 Å². The summed E-state index contributed by atoms with van der Waals surface area (Å²) in [6.07, 6.45) is 2.63. The van der Waals surface area contributed by atoms with Gasteiger partial charge < -0.3 is 11.1 Å². The van der Waals surface area contributed by atoms with Crippen LogP contribution >= 0.6 is 0 Å². The summed E-state index contributed by atoms with van der Waals surface area (Å²) in [4.78, 5) is 4.19. The molecule has 1 aliphatic rings. The summed E-state index contributed by atoms with van der Waals surface area (Å²) >= 11 is 0.